The SMILES string of the molecule is Cc1cc(=O)n(CCCC(C)C)cc1N. The van der Waals surface area contributed by atoms with Crippen LogP contribution in [0.15, 0.2) is 17.1 Å². The summed E-state index contributed by atoms with van der Waals surface area (Å²) in [6, 6.07) is 1.60. The number of anilines is 1. The van der Waals surface area contributed by atoms with Gasteiger partial charge in [0.1, 0.15) is 0 Å². The molecule has 1 heterocycles. The van der Waals surface area contributed by atoms with Crippen LogP contribution in [0.5, 0.6) is 0 Å². The summed E-state index contributed by atoms with van der Waals surface area (Å²) in [5.74, 6) is 0.684. The lowest BCUT2D eigenvalue weighted by Crippen LogP contribution is -2.20. The minimum absolute atomic E-state index is 0.0467. The molecule has 84 valence electrons. The summed E-state index contributed by atoms with van der Waals surface area (Å²) in [6.07, 6.45) is 3.91. The van der Waals surface area contributed by atoms with Crippen LogP contribution in [0.25, 0.3) is 0 Å². The van der Waals surface area contributed by atoms with E-state index in [0.29, 0.717) is 11.6 Å². The minimum atomic E-state index is 0.0467. The molecule has 0 saturated heterocycles. The molecule has 3 nitrogen and oxygen atoms in total. The van der Waals surface area contributed by atoms with Crippen molar-refractivity contribution in [2.24, 2.45) is 5.92 Å². The van der Waals surface area contributed by atoms with Gasteiger partial charge in [-0.2, -0.15) is 0 Å². The number of rotatable bonds is 4. The van der Waals surface area contributed by atoms with Crippen LogP contribution in [0.4, 0.5) is 5.69 Å². The van der Waals surface area contributed by atoms with Gasteiger partial charge in [-0.05, 0) is 31.2 Å². The smallest absolute Gasteiger partial charge is 0.250 e. The zero-order valence-electron chi connectivity index (χ0n) is 9.79. The van der Waals surface area contributed by atoms with Crippen molar-refractivity contribution in [3.63, 3.8) is 0 Å². The molecule has 0 radical (unpaired) electrons. The van der Waals surface area contributed by atoms with Gasteiger partial charge in [0.25, 0.3) is 5.56 Å². The summed E-state index contributed by atoms with van der Waals surface area (Å²) in [7, 11) is 0. The predicted octanol–water partition coefficient (Wildman–Crippen LogP) is 2.18. The zero-order chi connectivity index (χ0) is 11.4. The first-order valence-electron chi connectivity index (χ1n) is 5.47. The summed E-state index contributed by atoms with van der Waals surface area (Å²) >= 11 is 0. The minimum Gasteiger partial charge on any atom is -0.397 e. The van der Waals surface area contributed by atoms with Crippen molar-refractivity contribution in [1.29, 1.82) is 0 Å². The quantitative estimate of drug-likeness (QED) is 0.824. The van der Waals surface area contributed by atoms with Gasteiger partial charge in [-0.3, -0.25) is 4.79 Å². The number of nitrogens with two attached hydrogens (primary N) is 1. The van der Waals surface area contributed by atoms with Crippen molar-refractivity contribution in [2.45, 2.75) is 40.2 Å². The topological polar surface area (TPSA) is 48.0 Å². The molecule has 1 rings (SSSR count). The van der Waals surface area contributed by atoms with Gasteiger partial charge in [-0.25, -0.2) is 0 Å². The van der Waals surface area contributed by atoms with Crippen LogP contribution >= 0.6 is 0 Å². The normalized spacial score (nSPS) is 10.9. The van der Waals surface area contributed by atoms with Crippen molar-refractivity contribution in [2.75, 3.05) is 5.73 Å². The maximum atomic E-state index is 11.6. The largest absolute Gasteiger partial charge is 0.397 e. The van der Waals surface area contributed by atoms with Crippen LogP contribution in [-0.2, 0) is 6.54 Å². The molecule has 1 aromatic heterocycles. The van der Waals surface area contributed by atoms with Gasteiger partial charge in [-0.15, -0.1) is 0 Å². The fourth-order valence-electron chi connectivity index (χ4n) is 1.53. The van der Waals surface area contributed by atoms with E-state index < -0.39 is 0 Å². The van der Waals surface area contributed by atoms with Crippen molar-refractivity contribution < 1.29 is 0 Å². The summed E-state index contributed by atoms with van der Waals surface area (Å²) in [4.78, 5) is 11.6. The first-order valence-corrected chi connectivity index (χ1v) is 5.47. The van der Waals surface area contributed by atoms with Crippen molar-refractivity contribution >= 4 is 5.69 Å². The van der Waals surface area contributed by atoms with Gasteiger partial charge in [0.15, 0.2) is 0 Å². The van der Waals surface area contributed by atoms with E-state index in [1.54, 1.807) is 16.8 Å². The average molecular weight is 208 g/mol. The predicted molar refractivity (Wildman–Crippen MR) is 63.9 cm³/mol. The van der Waals surface area contributed by atoms with E-state index in [-0.39, 0.29) is 5.56 Å². The second-order valence-corrected chi connectivity index (χ2v) is 4.48. The maximum Gasteiger partial charge on any atom is 0.250 e. The van der Waals surface area contributed by atoms with Crippen LogP contribution in [0, 0.1) is 12.8 Å². The Morgan fingerprint density at radius 1 is 1.47 bits per heavy atom. The standard InChI is InChI=1S/C12H20N2O/c1-9(2)5-4-6-14-8-11(13)10(3)7-12(14)15/h7-9H,4-6,13H2,1-3H3. The molecule has 0 saturated carbocycles. The highest BCUT2D eigenvalue weighted by atomic mass is 16.1. The molecular weight excluding hydrogens is 188 g/mol. The van der Waals surface area contributed by atoms with Crippen LogP contribution in [0.3, 0.4) is 0 Å². The van der Waals surface area contributed by atoms with Gasteiger partial charge < -0.3 is 10.3 Å². The fraction of sp³-hybridized carbons (Fsp3) is 0.583. The molecule has 1 aromatic rings. The Morgan fingerprint density at radius 2 is 2.13 bits per heavy atom. The van der Waals surface area contributed by atoms with Crippen LogP contribution in [0.2, 0.25) is 0 Å². The number of hydrogen-bond acceptors (Lipinski definition) is 2. The van der Waals surface area contributed by atoms with Crippen molar-refractivity contribution in [1.82, 2.24) is 4.57 Å². The Morgan fingerprint density at radius 3 is 2.73 bits per heavy atom. The van der Waals surface area contributed by atoms with Crippen molar-refractivity contribution in [3.05, 3.63) is 28.2 Å². The summed E-state index contributed by atoms with van der Waals surface area (Å²) in [6.45, 7) is 7.00. The Bertz CT molecular complexity index is 380. The lowest BCUT2D eigenvalue weighted by atomic mass is 10.1. The number of nitrogens with zero attached hydrogens (tertiary/aromatic N) is 1. The Labute approximate surface area is 90.9 Å². The first kappa shape index (κ1) is 11.8. The van der Waals surface area contributed by atoms with E-state index in [9.17, 15) is 4.79 Å². The molecular formula is C12H20N2O. The Kier molecular flexibility index (Phi) is 3.95. The molecule has 0 atom stereocenters. The van der Waals surface area contributed by atoms with E-state index in [2.05, 4.69) is 13.8 Å². The van der Waals surface area contributed by atoms with Gasteiger partial charge in [0.2, 0.25) is 0 Å². The van der Waals surface area contributed by atoms with Gasteiger partial charge >= 0.3 is 0 Å². The Hall–Kier alpha value is -1.25. The number of nitrogen functional groups attached to an aromatic ring is 1. The highest BCUT2D eigenvalue weighted by molar-refractivity contribution is 5.42. The molecule has 0 amide bonds. The number of hydrogen-bond donors (Lipinski definition) is 1. The zero-order valence-corrected chi connectivity index (χ0v) is 9.79. The van der Waals surface area contributed by atoms with E-state index in [1.165, 1.54) is 0 Å². The highest BCUT2D eigenvalue weighted by Gasteiger charge is 2.01. The monoisotopic (exact) mass is 208 g/mol. The van der Waals surface area contributed by atoms with Gasteiger partial charge in [0, 0.05) is 18.8 Å². The molecule has 0 fully saturated rings. The highest BCUT2D eigenvalue weighted by Crippen LogP contribution is 2.08. The molecule has 0 aromatic carbocycles. The molecule has 0 spiro atoms. The van der Waals surface area contributed by atoms with E-state index >= 15 is 0 Å². The molecule has 2 N–H and O–H groups in total. The Balaban J connectivity index is 2.69. The molecule has 0 aliphatic rings. The summed E-state index contributed by atoms with van der Waals surface area (Å²) in [5.41, 5.74) is 7.36. The maximum absolute atomic E-state index is 11.6. The van der Waals surface area contributed by atoms with E-state index in [4.69, 9.17) is 5.73 Å². The third-order valence-electron chi connectivity index (χ3n) is 2.55. The van der Waals surface area contributed by atoms with Crippen LogP contribution in [0.1, 0.15) is 32.3 Å². The van der Waals surface area contributed by atoms with Gasteiger partial charge in [0.05, 0.1) is 5.69 Å². The van der Waals surface area contributed by atoms with E-state index in [0.717, 1.165) is 24.9 Å². The fourth-order valence-corrected chi connectivity index (χ4v) is 1.53. The second kappa shape index (κ2) is 5.01. The first-order chi connectivity index (χ1) is 7.00. The van der Waals surface area contributed by atoms with Crippen LogP contribution in [-0.4, -0.2) is 4.57 Å². The molecule has 0 aliphatic heterocycles. The third-order valence-corrected chi connectivity index (χ3v) is 2.55. The van der Waals surface area contributed by atoms with Crippen molar-refractivity contribution in [3.8, 4) is 0 Å². The molecule has 15 heavy (non-hydrogen) atoms. The third kappa shape index (κ3) is 3.42. The second-order valence-electron chi connectivity index (χ2n) is 4.48. The number of pyridine rings is 1. The number of aromatic nitrogens is 1. The van der Waals surface area contributed by atoms with Crippen LogP contribution < -0.4 is 11.3 Å². The average Bonchev–Trinajstić information content (AvgIpc) is 2.13. The molecule has 0 aliphatic carbocycles. The summed E-state index contributed by atoms with van der Waals surface area (Å²) in [5, 5.41) is 0. The molecule has 3 heteroatoms. The van der Waals surface area contributed by atoms with Gasteiger partial charge in [-0.1, -0.05) is 13.8 Å². The van der Waals surface area contributed by atoms with E-state index in [1.807, 2.05) is 6.92 Å². The summed E-state index contributed by atoms with van der Waals surface area (Å²) < 4.78 is 1.70. The lowest BCUT2D eigenvalue weighted by molar-refractivity contribution is 0.506. The lowest BCUT2D eigenvalue weighted by Gasteiger charge is -2.09. The molecule has 0 bridgehead atoms. The molecule has 0 unspecified atom stereocenters. The number of aryl methyl sites for hydroxylation is 2.